The Hall–Kier alpha value is -3.31. The number of nitrogens with zero attached hydrogens (tertiary/aromatic N) is 2. The number of rotatable bonds is 4. The molecule has 2 N–H and O–H groups in total. The number of para-hydroxylation sites is 4. The van der Waals surface area contributed by atoms with Crippen LogP contribution in [0.3, 0.4) is 0 Å². The Morgan fingerprint density at radius 3 is 1.17 bits per heavy atom. The third kappa shape index (κ3) is 11.9. The molecule has 0 aliphatic rings. The number of benzene rings is 4. The van der Waals surface area contributed by atoms with Gasteiger partial charge in [-0.3, -0.25) is 9.98 Å². The van der Waals surface area contributed by atoms with Crippen LogP contribution in [-0.4, -0.2) is 22.6 Å². The monoisotopic (exact) mass is 729 g/mol. The fourth-order valence-corrected chi connectivity index (χ4v) is 3.86. The third-order valence-corrected chi connectivity index (χ3v) is 5.97. The molecule has 4 nitrogen and oxygen atoms in total. The molecule has 4 aromatic rings. The molecular formula is C37H45HfN2O2-. The first-order valence-corrected chi connectivity index (χ1v) is 14.0. The second-order valence-corrected chi connectivity index (χ2v) is 11.7. The summed E-state index contributed by atoms with van der Waals surface area (Å²) in [4.78, 5) is 8.75. The number of phenols is 2. The summed E-state index contributed by atoms with van der Waals surface area (Å²) in [5.74, 6) is 0.629. The van der Waals surface area contributed by atoms with Gasteiger partial charge in [0.1, 0.15) is 11.5 Å². The maximum Gasteiger partial charge on any atom is 0.128 e. The zero-order valence-corrected chi connectivity index (χ0v) is 29.7. The summed E-state index contributed by atoms with van der Waals surface area (Å²) in [5, 5.41) is 20.6. The predicted octanol–water partition coefficient (Wildman–Crippen LogP) is 10.1. The zero-order chi connectivity index (χ0) is 30.5. The van der Waals surface area contributed by atoms with Gasteiger partial charge < -0.3 is 17.1 Å². The van der Waals surface area contributed by atoms with Crippen molar-refractivity contribution >= 4 is 23.8 Å². The molecule has 220 valence electrons. The summed E-state index contributed by atoms with van der Waals surface area (Å²) in [5.41, 5.74) is 4.95. The van der Waals surface area contributed by atoms with E-state index in [4.69, 9.17) is 0 Å². The Balaban J connectivity index is 0.000000376. The molecular weight excluding hydrogens is 683 g/mol. The second-order valence-electron chi connectivity index (χ2n) is 11.7. The topological polar surface area (TPSA) is 65.2 Å². The van der Waals surface area contributed by atoms with Gasteiger partial charge in [0.05, 0.1) is 11.4 Å². The minimum atomic E-state index is -0.0827. The Morgan fingerprint density at radius 1 is 0.571 bits per heavy atom. The summed E-state index contributed by atoms with van der Waals surface area (Å²) in [6.45, 7) is 18.0. The van der Waals surface area contributed by atoms with Crippen molar-refractivity contribution in [3.05, 3.63) is 126 Å². The van der Waals surface area contributed by atoms with Crippen LogP contribution in [0.15, 0.2) is 107 Å². The van der Waals surface area contributed by atoms with Crippen LogP contribution in [0.5, 0.6) is 11.5 Å². The first kappa shape index (κ1) is 36.7. The maximum atomic E-state index is 10.3. The van der Waals surface area contributed by atoms with E-state index in [1.165, 1.54) is 0 Å². The average molecular weight is 728 g/mol. The molecule has 0 fully saturated rings. The van der Waals surface area contributed by atoms with Gasteiger partial charge in [0.15, 0.2) is 0 Å². The van der Waals surface area contributed by atoms with Crippen LogP contribution in [0.1, 0.15) is 77.1 Å². The normalized spacial score (nSPS) is 11.2. The van der Waals surface area contributed by atoms with Crippen LogP contribution >= 0.6 is 0 Å². The van der Waals surface area contributed by atoms with Gasteiger partial charge in [-0.05, 0) is 58.4 Å². The standard InChI is InChI=1S/2C17H19NO.C3H7.Hf/c2*1-17(2,3)15-11-7-8-13(16(15)19)12-18-14-9-5-4-6-10-14;1-3-2;/h2*4-12,19H,1-3H3;1,3H2,2H3;/q;;-1;. The summed E-state index contributed by atoms with van der Waals surface area (Å²) in [7, 11) is 0. The molecule has 0 spiro atoms. The van der Waals surface area contributed by atoms with E-state index in [1.807, 2.05) is 104 Å². The van der Waals surface area contributed by atoms with Crippen LogP contribution in [0.4, 0.5) is 11.4 Å². The first-order valence-electron chi connectivity index (χ1n) is 14.0. The molecule has 0 aliphatic heterocycles. The van der Waals surface area contributed by atoms with E-state index in [0.29, 0.717) is 11.5 Å². The summed E-state index contributed by atoms with van der Waals surface area (Å²) in [6, 6.07) is 31.0. The largest absolute Gasteiger partial charge is 0.507 e. The van der Waals surface area contributed by atoms with Gasteiger partial charge in [-0.15, -0.1) is 0 Å². The van der Waals surface area contributed by atoms with Crippen LogP contribution < -0.4 is 0 Å². The number of phenolic OH excluding ortho intramolecular Hbond substituents is 2. The van der Waals surface area contributed by atoms with Crippen LogP contribution in [-0.2, 0) is 36.7 Å². The van der Waals surface area contributed by atoms with E-state index in [1.54, 1.807) is 12.4 Å². The van der Waals surface area contributed by atoms with Gasteiger partial charge in [0.25, 0.3) is 0 Å². The summed E-state index contributed by atoms with van der Waals surface area (Å²) >= 11 is 0. The second kappa shape index (κ2) is 17.6. The van der Waals surface area contributed by atoms with Crippen molar-refractivity contribution in [3.8, 4) is 11.5 Å². The van der Waals surface area contributed by atoms with Crippen molar-refractivity contribution < 1.29 is 36.1 Å². The Labute approximate surface area is 272 Å². The zero-order valence-electron chi connectivity index (χ0n) is 26.1. The van der Waals surface area contributed by atoms with Crippen molar-refractivity contribution in [1.82, 2.24) is 0 Å². The molecule has 0 unspecified atom stereocenters. The van der Waals surface area contributed by atoms with Gasteiger partial charge in [-0.2, -0.15) is 6.42 Å². The smallest absolute Gasteiger partial charge is 0.128 e. The van der Waals surface area contributed by atoms with E-state index >= 15 is 0 Å². The van der Waals surface area contributed by atoms with E-state index in [9.17, 15) is 10.2 Å². The number of hydrogen-bond acceptors (Lipinski definition) is 4. The Kier molecular flexibility index (Phi) is 15.4. The predicted molar refractivity (Wildman–Crippen MR) is 177 cm³/mol. The molecule has 0 atom stereocenters. The molecule has 4 rings (SSSR count). The number of hydrogen-bond donors (Lipinski definition) is 2. The number of aliphatic imine (C=N–C) groups is 2. The molecule has 0 aliphatic carbocycles. The van der Waals surface area contributed by atoms with E-state index in [0.717, 1.165) is 40.0 Å². The van der Waals surface area contributed by atoms with Crippen LogP contribution in [0, 0.1) is 6.92 Å². The maximum absolute atomic E-state index is 10.3. The fourth-order valence-electron chi connectivity index (χ4n) is 3.86. The first-order chi connectivity index (χ1) is 19.4. The number of aromatic hydroxyl groups is 2. The quantitative estimate of drug-likeness (QED) is 0.125. The Morgan fingerprint density at radius 2 is 0.881 bits per heavy atom. The molecule has 42 heavy (non-hydrogen) atoms. The van der Waals surface area contributed by atoms with Gasteiger partial charge in [-0.25, -0.2) is 0 Å². The van der Waals surface area contributed by atoms with Crippen molar-refractivity contribution in [2.24, 2.45) is 9.98 Å². The van der Waals surface area contributed by atoms with Crippen LogP contribution in [0.25, 0.3) is 0 Å². The molecule has 5 heteroatoms. The molecule has 0 saturated heterocycles. The van der Waals surface area contributed by atoms with Crippen molar-refractivity contribution in [2.75, 3.05) is 0 Å². The SMILES string of the molecule is CC(C)(C)c1cccc(C=Nc2ccccc2)c1O.CC(C)(C)c1cccc(C=Nc2ccccc2)c1O.[CH2-]CC.[Hf]. The third-order valence-electron chi connectivity index (χ3n) is 5.97. The molecule has 0 saturated carbocycles. The minimum Gasteiger partial charge on any atom is -0.507 e. The van der Waals surface area contributed by atoms with Gasteiger partial charge in [0.2, 0.25) is 0 Å². The van der Waals surface area contributed by atoms with E-state index in [-0.39, 0.29) is 36.7 Å². The molecule has 0 radical (unpaired) electrons. The van der Waals surface area contributed by atoms with Crippen molar-refractivity contribution in [2.45, 2.75) is 65.7 Å². The van der Waals surface area contributed by atoms with Crippen molar-refractivity contribution in [3.63, 3.8) is 0 Å². The van der Waals surface area contributed by atoms with Gasteiger partial charge >= 0.3 is 0 Å². The molecule has 4 aromatic carbocycles. The average Bonchev–Trinajstić information content (AvgIpc) is 2.92. The molecule has 0 heterocycles. The fraction of sp³-hybridized carbons (Fsp3) is 0.270. The summed E-state index contributed by atoms with van der Waals surface area (Å²) in [6.07, 6.45) is 4.42. The van der Waals surface area contributed by atoms with Gasteiger partial charge in [0, 0.05) is 49.4 Å². The summed E-state index contributed by atoms with van der Waals surface area (Å²) < 4.78 is 0. The van der Waals surface area contributed by atoms with Gasteiger partial charge in [-0.1, -0.05) is 109 Å². The van der Waals surface area contributed by atoms with E-state index in [2.05, 4.69) is 58.5 Å². The van der Waals surface area contributed by atoms with Crippen LogP contribution in [0.2, 0.25) is 0 Å². The molecule has 0 bridgehead atoms. The minimum absolute atomic E-state index is 0. The van der Waals surface area contributed by atoms with E-state index < -0.39 is 0 Å². The Bertz CT molecular complexity index is 1290. The molecule has 0 amide bonds. The molecule has 0 aromatic heterocycles. The van der Waals surface area contributed by atoms with Crippen molar-refractivity contribution in [1.29, 1.82) is 0 Å².